The van der Waals surface area contributed by atoms with Crippen LogP contribution in [-0.4, -0.2) is 49.4 Å². The molecule has 1 saturated heterocycles. The van der Waals surface area contributed by atoms with Gasteiger partial charge in [0, 0.05) is 11.1 Å². The van der Waals surface area contributed by atoms with Gasteiger partial charge in [-0.3, -0.25) is 9.59 Å². The first kappa shape index (κ1) is 23.5. The van der Waals surface area contributed by atoms with Crippen molar-refractivity contribution in [2.24, 2.45) is 0 Å². The van der Waals surface area contributed by atoms with Crippen molar-refractivity contribution >= 4 is 17.4 Å². The number of halogens is 1. The Morgan fingerprint density at radius 3 is 2.31 bits per heavy atom. The molecular formula is C25H29FN2O4. The van der Waals surface area contributed by atoms with Crippen molar-refractivity contribution in [2.45, 2.75) is 26.8 Å². The number of quaternary nitrogens is 1. The number of nitrogens with zero attached hydrogens (tertiary/aromatic N) is 1. The molecule has 1 heterocycles. The molecule has 2 aromatic carbocycles. The highest BCUT2D eigenvalue weighted by atomic mass is 19.1. The van der Waals surface area contributed by atoms with Gasteiger partial charge >= 0.3 is 0 Å². The maximum Gasteiger partial charge on any atom is 0.295 e. The van der Waals surface area contributed by atoms with Crippen LogP contribution in [0.15, 0.2) is 54.1 Å². The average molecular weight is 441 g/mol. The van der Waals surface area contributed by atoms with Crippen LogP contribution in [0.5, 0.6) is 5.75 Å². The van der Waals surface area contributed by atoms with E-state index in [2.05, 4.69) is 0 Å². The number of likely N-dealkylation sites (N-methyl/N-ethyl adjacent to an activating group) is 1. The Morgan fingerprint density at radius 2 is 1.72 bits per heavy atom. The Bertz CT molecular complexity index is 999. The number of benzene rings is 2. The molecule has 1 aliphatic heterocycles. The molecule has 1 atom stereocenters. The third kappa shape index (κ3) is 4.67. The van der Waals surface area contributed by atoms with Gasteiger partial charge in [-0.1, -0.05) is 36.1 Å². The van der Waals surface area contributed by atoms with Crippen LogP contribution < -0.4 is 14.7 Å². The summed E-state index contributed by atoms with van der Waals surface area (Å²) in [6.07, 6.45) is 0. The van der Waals surface area contributed by atoms with Crippen molar-refractivity contribution in [3.05, 3.63) is 71.0 Å². The fraction of sp³-hybridized carbons (Fsp3) is 0.360. The molecular weight excluding hydrogens is 411 g/mol. The molecule has 32 heavy (non-hydrogen) atoms. The highest BCUT2D eigenvalue weighted by molar-refractivity contribution is 6.46. The summed E-state index contributed by atoms with van der Waals surface area (Å²) >= 11 is 0. The summed E-state index contributed by atoms with van der Waals surface area (Å²) in [6.45, 7) is 8.98. The minimum atomic E-state index is -1.05. The van der Waals surface area contributed by atoms with Gasteiger partial charge in [-0.2, -0.15) is 0 Å². The molecule has 6 nitrogen and oxygen atoms in total. The Kier molecular flexibility index (Phi) is 7.64. The fourth-order valence-corrected chi connectivity index (χ4v) is 4.03. The molecule has 1 unspecified atom stereocenters. The molecule has 0 saturated carbocycles. The van der Waals surface area contributed by atoms with Gasteiger partial charge in [0.1, 0.15) is 11.6 Å². The quantitative estimate of drug-likeness (QED) is 0.363. The van der Waals surface area contributed by atoms with E-state index in [1.807, 2.05) is 20.8 Å². The first-order chi connectivity index (χ1) is 15.4. The first-order valence-electron chi connectivity index (χ1n) is 11.0. The van der Waals surface area contributed by atoms with E-state index in [1.165, 1.54) is 28.0 Å². The molecule has 1 amide bonds. The van der Waals surface area contributed by atoms with E-state index in [4.69, 9.17) is 4.74 Å². The number of carbonyl (C=O) groups is 2. The zero-order valence-corrected chi connectivity index (χ0v) is 18.7. The number of amides is 1. The van der Waals surface area contributed by atoms with Gasteiger partial charge in [0.2, 0.25) is 5.78 Å². The molecule has 1 aliphatic rings. The summed E-state index contributed by atoms with van der Waals surface area (Å²) in [6, 6.07) is 11.3. The molecule has 0 spiro atoms. The maximum atomic E-state index is 14.8. The monoisotopic (exact) mass is 440 g/mol. The zero-order chi connectivity index (χ0) is 23.3. The molecule has 0 aliphatic carbocycles. The summed E-state index contributed by atoms with van der Waals surface area (Å²) in [5.41, 5.74) is 0.191. The van der Waals surface area contributed by atoms with Gasteiger partial charge in [-0.25, -0.2) is 4.39 Å². The summed E-state index contributed by atoms with van der Waals surface area (Å²) in [5, 5.41) is 13.4. The Morgan fingerprint density at radius 1 is 1.06 bits per heavy atom. The van der Waals surface area contributed by atoms with Gasteiger partial charge in [-0.05, 0) is 44.5 Å². The second-order valence-electron chi connectivity index (χ2n) is 7.66. The van der Waals surface area contributed by atoms with Gasteiger partial charge in [-0.15, -0.1) is 0 Å². The summed E-state index contributed by atoms with van der Waals surface area (Å²) in [7, 11) is 0. The van der Waals surface area contributed by atoms with Crippen LogP contribution in [0.25, 0.3) is 5.76 Å². The van der Waals surface area contributed by atoms with E-state index in [-0.39, 0.29) is 23.2 Å². The number of nitrogens with one attached hydrogen (secondary N) is 1. The minimum Gasteiger partial charge on any atom is -0.872 e. The van der Waals surface area contributed by atoms with E-state index < -0.39 is 29.3 Å². The van der Waals surface area contributed by atoms with Crippen molar-refractivity contribution in [1.29, 1.82) is 0 Å². The van der Waals surface area contributed by atoms with Crippen molar-refractivity contribution in [1.82, 2.24) is 4.90 Å². The number of hydrogen-bond donors (Lipinski definition) is 1. The normalized spacial score (nSPS) is 17.9. The number of rotatable bonds is 9. The fourth-order valence-electron chi connectivity index (χ4n) is 4.03. The van der Waals surface area contributed by atoms with Gasteiger partial charge in [0.05, 0.1) is 38.8 Å². The molecule has 0 bridgehead atoms. The summed E-state index contributed by atoms with van der Waals surface area (Å²) in [5.74, 6) is -2.17. The number of Topliss-reactive ketones (excluding diaryl/α,β-unsaturated/α-hetero) is 1. The van der Waals surface area contributed by atoms with Crippen molar-refractivity contribution < 1.29 is 28.7 Å². The lowest BCUT2D eigenvalue weighted by Gasteiger charge is -2.28. The highest BCUT2D eigenvalue weighted by Crippen LogP contribution is 2.39. The second-order valence-corrected chi connectivity index (χ2v) is 7.66. The van der Waals surface area contributed by atoms with Crippen LogP contribution >= 0.6 is 0 Å². The smallest absolute Gasteiger partial charge is 0.295 e. The van der Waals surface area contributed by atoms with Crippen LogP contribution in [-0.2, 0) is 9.59 Å². The minimum absolute atomic E-state index is 0.149. The summed E-state index contributed by atoms with van der Waals surface area (Å²) in [4.78, 5) is 28.5. The van der Waals surface area contributed by atoms with E-state index in [0.29, 0.717) is 18.9 Å². The highest BCUT2D eigenvalue weighted by Gasteiger charge is 2.45. The third-order valence-corrected chi connectivity index (χ3v) is 5.86. The van der Waals surface area contributed by atoms with Crippen LogP contribution in [0.3, 0.4) is 0 Å². The SMILES string of the molecule is CCOc1ccc(C([O-])=C2C(=O)C(=O)N(CC[NH+](CC)CC)C2c2ccccc2F)cc1. The third-order valence-electron chi connectivity index (χ3n) is 5.86. The number of hydrogen-bond acceptors (Lipinski definition) is 4. The topological polar surface area (TPSA) is 74.1 Å². The van der Waals surface area contributed by atoms with Crippen LogP contribution in [0, 0.1) is 5.82 Å². The summed E-state index contributed by atoms with van der Waals surface area (Å²) < 4.78 is 20.2. The predicted molar refractivity (Wildman–Crippen MR) is 117 cm³/mol. The second kappa shape index (κ2) is 10.4. The van der Waals surface area contributed by atoms with E-state index >= 15 is 0 Å². The molecule has 1 fully saturated rings. The molecule has 1 N–H and O–H groups in total. The van der Waals surface area contributed by atoms with Crippen LogP contribution in [0.1, 0.15) is 37.9 Å². The van der Waals surface area contributed by atoms with Crippen molar-refractivity contribution in [2.75, 3.05) is 32.8 Å². The lowest BCUT2D eigenvalue weighted by molar-refractivity contribution is -0.895. The first-order valence-corrected chi connectivity index (χ1v) is 11.0. The number of ketones is 1. The van der Waals surface area contributed by atoms with E-state index in [0.717, 1.165) is 13.1 Å². The predicted octanol–water partition coefficient (Wildman–Crippen LogP) is 1.37. The average Bonchev–Trinajstić information content (AvgIpc) is 3.05. The molecule has 7 heteroatoms. The van der Waals surface area contributed by atoms with E-state index in [9.17, 15) is 19.1 Å². The van der Waals surface area contributed by atoms with Gasteiger partial charge < -0.3 is 19.6 Å². The van der Waals surface area contributed by atoms with Crippen LogP contribution in [0.4, 0.5) is 4.39 Å². The van der Waals surface area contributed by atoms with E-state index in [1.54, 1.807) is 30.3 Å². The molecule has 0 aromatic heterocycles. The number of likely N-dealkylation sites (tertiary alicyclic amines) is 1. The van der Waals surface area contributed by atoms with Gasteiger partial charge in [0.15, 0.2) is 0 Å². The van der Waals surface area contributed by atoms with Crippen LogP contribution in [0.2, 0.25) is 0 Å². The maximum absolute atomic E-state index is 14.8. The lowest BCUT2D eigenvalue weighted by atomic mass is 9.95. The van der Waals surface area contributed by atoms with Crippen molar-refractivity contribution in [3.8, 4) is 5.75 Å². The molecule has 3 rings (SSSR count). The zero-order valence-electron chi connectivity index (χ0n) is 18.7. The van der Waals surface area contributed by atoms with Crippen molar-refractivity contribution in [3.63, 3.8) is 0 Å². The standard InChI is InChI=1S/C25H29FN2O4/c1-4-27(5-2)15-16-28-22(19-9-7-8-10-20(19)26)21(24(30)25(28)31)23(29)17-11-13-18(14-12-17)32-6-3/h7-14,22,29H,4-6,15-16H2,1-3H3. The van der Waals surface area contributed by atoms with Gasteiger partial charge in [0.25, 0.3) is 5.91 Å². The molecule has 2 aromatic rings. The Balaban J connectivity index is 2.08. The number of carbonyl (C=O) groups excluding carboxylic acids is 2. The largest absolute Gasteiger partial charge is 0.872 e. The lowest BCUT2D eigenvalue weighted by Crippen LogP contribution is -3.12. The molecule has 170 valence electrons. The Hall–Kier alpha value is -3.19. The number of ether oxygens (including phenoxy) is 1. The Labute approximate surface area is 187 Å². The molecule has 0 radical (unpaired) electrons.